The number of hydrogen-bond acceptors (Lipinski definition) is 5. The number of nitro groups is 1. The molecule has 3 aromatic carbocycles. The highest BCUT2D eigenvalue weighted by Crippen LogP contribution is 2.39. The number of amides is 2. The summed E-state index contributed by atoms with van der Waals surface area (Å²) in [6.45, 7) is 3.54. The third kappa shape index (κ3) is 3.53. The van der Waals surface area contributed by atoms with Gasteiger partial charge in [-0.2, -0.15) is 4.31 Å². The SMILES string of the molecule is Cc1ccc(C)c(N2C(=O)N(Cc3cccc([N+](=O)[O-])c3)c3ccccc3S2(=O)=O)c1. The van der Waals surface area contributed by atoms with E-state index in [-0.39, 0.29) is 28.5 Å². The average Bonchev–Trinajstić information content (AvgIpc) is 2.74. The van der Waals surface area contributed by atoms with Crippen LogP contribution >= 0.6 is 0 Å². The summed E-state index contributed by atoms with van der Waals surface area (Å²) in [7, 11) is -4.14. The topological polar surface area (TPSA) is 101 Å². The standard InChI is InChI=1S/C22H19N3O5S/c1-15-10-11-16(2)20(12-15)24-22(26)23(14-17-6-5-7-18(13-17)25(27)28)19-8-3-4-9-21(19)31(24,29)30/h3-13H,14H2,1-2H3. The molecule has 1 heterocycles. The molecule has 2 amide bonds. The predicted octanol–water partition coefficient (Wildman–Crippen LogP) is 4.55. The maximum atomic E-state index is 13.5. The van der Waals surface area contributed by atoms with Crippen LogP contribution in [-0.4, -0.2) is 19.4 Å². The monoisotopic (exact) mass is 437 g/mol. The number of rotatable bonds is 4. The Kier molecular flexibility index (Phi) is 4.98. The van der Waals surface area contributed by atoms with Crippen molar-refractivity contribution in [1.29, 1.82) is 0 Å². The zero-order valence-electron chi connectivity index (χ0n) is 16.8. The van der Waals surface area contributed by atoms with Crippen LogP contribution in [0.25, 0.3) is 0 Å². The summed E-state index contributed by atoms with van der Waals surface area (Å²) in [6.07, 6.45) is 0. The third-order valence-electron chi connectivity index (χ3n) is 5.12. The molecule has 0 atom stereocenters. The highest BCUT2D eigenvalue weighted by molar-refractivity contribution is 7.94. The largest absolute Gasteiger partial charge is 0.343 e. The molecule has 0 aromatic heterocycles. The summed E-state index contributed by atoms with van der Waals surface area (Å²) in [5.74, 6) is 0. The second-order valence-electron chi connectivity index (χ2n) is 7.32. The molecule has 0 aliphatic carbocycles. The fraction of sp³-hybridized carbons (Fsp3) is 0.136. The molecule has 0 spiro atoms. The Hall–Kier alpha value is -3.72. The molecule has 4 rings (SSSR count). The first-order chi connectivity index (χ1) is 14.7. The van der Waals surface area contributed by atoms with Gasteiger partial charge in [0, 0.05) is 12.1 Å². The third-order valence-corrected chi connectivity index (χ3v) is 6.86. The van der Waals surface area contributed by atoms with Crippen molar-refractivity contribution in [2.75, 3.05) is 9.21 Å². The van der Waals surface area contributed by atoms with Crippen molar-refractivity contribution in [2.24, 2.45) is 0 Å². The summed E-state index contributed by atoms with van der Waals surface area (Å²) in [5, 5.41) is 11.1. The lowest BCUT2D eigenvalue weighted by molar-refractivity contribution is -0.384. The van der Waals surface area contributed by atoms with Gasteiger partial charge in [-0.3, -0.25) is 15.0 Å². The lowest BCUT2D eigenvalue weighted by Gasteiger charge is -2.36. The first-order valence-corrected chi connectivity index (χ1v) is 10.9. The molecule has 0 N–H and O–H groups in total. The molecule has 1 aliphatic heterocycles. The van der Waals surface area contributed by atoms with E-state index in [4.69, 9.17) is 0 Å². The number of nitrogens with zero attached hydrogens (tertiary/aromatic N) is 3. The lowest BCUT2D eigenvalue weighted by Crippen LogP contribution is -2.51. The fourth-order valence-corrected chi connectivity index (χ4v) is 5.24. The Balaban J connectivity index is 1.88. The number of carbonyl (C=O) groups excluding carboxylic acids is 1. The minimum Gasteiger partial charge on any atom is -0.287 e. The predicted molar refractivity (Wildman–Crippen MR) is 117 cm³/mol. The molecular formula is C22H19N3O5S. The van der Waals surface area contributed by atoms with E-state index in [1.807, 2.05) is 13.0 Å². The van der Waals surface area contributed by atoms with E-state index in [1.165, 1.54) is 29.2 Å². The van der Waals surface area contributed by atoms with Crippen molar-refractivity contribution in [1.82, 2.24) is 0 Å². The van der Waals surface area contributed by atoms with Gasteiger partial charge in [0.05, 0.1) is 22.8 Å². The van der Waals surface area contributed by atoms with Crippen molar-refractivity contribution >= 4 is 33.1 Å². The zero-order chi connectivity index (χ0) is 22.3. The smallest absolute Gasteiger partial charge is 0.287 e. The number of non-ortho nitro benzene ring substituents is 1. The van der Waals surface area contributed by atoms with Gasteiger partial charge in [0.15, 0.2) is 0 Å². The quantitative estimate of drug-likeness (QED) is 0.440. The Morgan fingerprint density at radius 2 is 1.68 bits per heavy atom. The molecule has 9 heteroatoms. The lowest BCUT2D eigenvalue weighted by atomic mass is 10.1. The molecule has 3 aromatic rings. The number of benzene rings is 3. The molecule has 0 unspecified atom stereocenters. The Bertz CT molecular complexity index is 1320. The molecule has 0 fully saturated rings. The van der Waals surface area contributed by atoms with Gasteiger partial charge in [0.25, 0.3) is 15.7 Å². The number of hydrogen-bond donors (Lipinski definition) is 0. The average molecular weight is 437 g/mol. The summed E-state index contributed by atoms with van der Waals surface area (Å²) < 4.78 is 27.6. The van der Waals surface area contributed by atoms with Crippen molar-refractivity contribution in [2.45, 2.75) is 25.3 Å². The van der Waals surface area contributed by atoms with Gasteiger partial charge < -0.3 is 0 Å². The van der Waals surface area contributed by atoms with Gasteiger partial charge in [-0.1, -0.05) is 36.4 Å². The number of nitro benzene ring substituents is 1. The van der Waals surface area contributed by atoms with E-state index in [0.29, 0.717) is 11.1 Å². The van der Waals surface area contributed by atoms with Crippen LogP contribution in [0, 0.1) is 24.0 Å². The van der Waals surface area contributed by atoms with Gasteiger partial charge in [0.2, 0.25) is 0 Å². The van der Waals surface area contributed by atoms with Crippen LogP contribution in [0.15, 0.2) is 71.6 Å². The minimum absolute atomic E-state index is 0.000868. The number of carbonyl (C=O) groups is 1. The van der Waals surface area contributed by atoms with E-state index < -0.39 is 21.0 Å². The number of anilines is 2. The van der Waals surface area contributed by atoms with Crippen LogP contribution < -0.4 is 9.21 Å². The van der Waals surface area contributed by atoms with Crippen LogP contribution in [-0.2, 0) is 16.6 Å². The Morgan fingerprint density at radius 1 is 0.935 bits per heavy atom. The maximum absolute atomic E-state index is 13.5. The van der Waals surface area contributed by atoms with Crippen LogP contribution in [0.2, 0.25) is 0 Å². The van der Waals surface area contributed by atoms with E-state index in [0.717, 1.165) is 9.87 Å². The molecule has 0 saturated heterocycles. The highest BCUT2D eigenvalue weighted by Gasteiger charge is 2.43. The summed E-state index contributed by atoms with van der Waals surface area (Å²) >= 11 is 0. The van der Waals surface area contributed by atoms with Crippen molar-refractivity contribution in [3.05, 3.63) is 93.5 Å². The second-order valence-corrected chi connectivity index (χ2v) is 9.08. The van der Waals surface area contributed by atoms with Gasteiger partial charge in [-0.25, -0.2) is 13.2 Å². The van der Waals surface area contributed by atoms with Crippen LogP contribution in [0.1, 0.15) is 16.7 Å². The van der Waals surface area contributed by atoms with E-state index in [1.54, 1.807) is 43.3 Å². The van der Waals surface area contributed by atoms with Crippen LogP contribution in [0.4, 0.5) is 21.9 Å². The molecule has 158 valence electrons. The molecule has 1 aliphatic rings. The normalized spacial score (nSPS) is 15.0. The molecule has 0 saturated carbocycles. The zero-order valence-corrected chi connectivity index (χ0v) is 17.7. The first kappa shape index (κ1) is 20.5. The summed E-state index contributed by atoms with van der Waals surface area (Å²) in [4.78, 5) is 25.5. The van der Waals surface area contributed by atoms with Gasteiger partial charge in [0.1, 0.15) is 4.90 Å². The number of urea groups is 1. The van der Waals surface area contributed by atoms with Gasteiger partial charge in [-0.05, 0) is 48.7 Å². The Labute approximate surface area is 179 Å². The van der Waals surface area contributed by atoms with Gasteiger partial charge >= 0.3 is 6.03 Å². The second kappa shape index (κ2) is 7.51. The first-order valence-electron chi connectivity index (χ1n) is 9.46. The number of fused-ring (bicyclic) bond motifs is 1. The summed E-state index contributed by atoms with van der Waals surface area (Å²) in [6, 6.07) is 16.7. The fourth-order valence-electron chi connectivity index (χ4n) is 3.59. The number of sulfonamides is 1. The minimum atomic E-state index is -4.14. The van der Waals surface area contributed by atoms with Crippen molar-refractivity contribution in [3.63, 3.8) is 0 Å². The van der Waals surface area contributed by atoms with E-state index in [9.17, 15) is 23.3 Å². The van der Waals surface area contributed by atoms with Gasteiger partial charge in [-0.15, -0.1) is 0 Å². The van der Waals surface area contributed by atoms with Crippen molar-refractivity contribution in [3.8, 4) is 0 Å². The Morgan fingerprint density at radius 3 is 2.42 bits per heavy atom. The van der Waals surface area contributed by atoms with Crippen LogP contribution in [0.5, 0.6) is 0 Å². The number of aryl methyl sites for hydroxylation is 2. The maximum Gasteiger partial charge on any atom is 0.343 e. The molecule has 0 bridgehead atoms. The molecule has 31 heavy (non-hydrogen) atoms. The molecule has 0 radical (unpaired) electrons. The van der Waals surface area contributed by atoms with E-state index in [2.05, 4.69) is 0 Å². The van der Waals surface area contributed by atoms with Crippen molar-refractivity contribution < 1.29 is 18.1 Å². The summed E-state index contributed by atoms with van der Waals surface area (Å²) in [5.41, 5.74) is 2.38. The molecular weight excluding hydrogens is 418 g/mol. The highest BCUT2D eigenvalue weighted by atomic mass is 32.2. The molecule has 8 nitrogen and oxygen atoms in total. The van der Waals surface area contributed by atoms with Crippen LogP contribution in [0.3, 0.4) is 0 Å². The number of para-hydroxylation sites is 1. The van der Waals surface area contributed by atoms with E-state index >= 15 is 0 Å².